The van der Waals surface area contributed by atoms with Gasteiger partial charge in [0.25, 0.3) is 5.91 Å². The Morgan fingerprint density at radius 3 is 2.47 bits per heavy atom. The van der Waals surface area contributed by atoms with E-state index in [4.69, 9.17) is 9.15 Å². The van der Waals surface area contributed by atoms with Gasteiger partial charge in [-0.1, -0.05) is 23.8 Å². The number of methoxy groups -OCH3 is 1. The number of hydrogen-bond donors (Lipinski definition) is 1. The Morgan fingerprint density at radius 1 is 1.07 bits per heavy atom. The van der Waals surface area contributed by atoms with E-state index < -0.39 is 11.9 Å². The van der Waals surface area contributed by atoms with Gasteiger partial charge in [-0.25, -0.2) is 4.79 Å². The number of nitrogens with zero attached hydrogens (tertiary/aromatic N) is 1. The smallest absolute Gasteiger partial charge is 0.337 e. The van der Waals surface area contributed by atoms with E-state index in [1.807, 2.05) is 32.0 Å². The molecule has 0 aliphatic heterocycles. The van der Waals surface area contributed by atoms with Crippen molar-refractivity contribution in [3.05, 3.63) is 82.6 Å². The Balaban J connectivity index is 1.85. The third-order valence-electron chi connectivity index (χ3n) is 4.51. The van der Waals surface area contributed by atoms with Gasteiger partial charge in [0, 0.05) is 17.3 Å². The van der Waals surface area contributed by atoms with E-state index in [-0.39, 0.29) is 5.57 Å². The van der Waals surface area contributed by atoms with Gasteiger partial charge in [0.05, 0.1) is 12.7 Å². The lowest BCUT2D eigenvalue weighted by Gasteiger charge is -2.06. The lowest BCUT2D eigenvalue weighted by Crippen LogP contribution is -2.13. The van der Waals surface area contributed by atoms with Crippen LogP contribution in [0.5, 0.6) is 0 Å². The summed E-state index contributed by atoms with van der Waals surface area (Å²) in [5.41, 5.74) is 3.62. The number of amides is 1. The molecule has 0 radical (unpaired) electrons. The third-order valence-corrected chi connectivity index (χ3v) is 4.51. The summed E-state index contributed by atoms with van der Waals surface area (Å²) in [6, 6.07) is 17.7. The largest absolute Gasteiger partial charge is 0.465 e. The van der Waals surface area contributed by atoms with E-state index in [1.165, 1.54) is 13.2 Å². The first kappa shape index (κ1) is 20.6. The van der Waals surface area contributed by atoms with E-state index in [0.717, 1.165) is 16.7 Å². The highest BCUT2D eigenvalue weighted by Gasteiger charge is 2.14. The maximum absolute atomic E-state index is 12.4. The number of furan rings is 1. The van der Waals surface area contributed by atoms with E-state index in [2.05, 4.69) is 5.32 Å². The van der Waals surface area contributed by atoms with Crippen LogP contribution in [-0.4, -0.2) is 19.0 Å². The minimum atomic E-state index is -0.525. The maximum Gasteiger partial charge on any atom is 0.337 e. The first-order valence-electron chi connectivity index (χ1n) is 9.20. The van der Waals surface area contributed by atoms with Crippen LogP contribution >= 0.6 is 0 Å². The molecule has 30 heavy (non-hydrogen) atoms. The standard InChI is InChI=1S/C24H20N2O4/c1-15-4-8-19(9-5-15)26-23(27)18(14-25)12-20-10-11-22(30-20)21-13-17(24(28)29-3)7-6-16(21)2/h4-13H,1-3H3,(H,26,27)/b18-12-. The topological polar surface area (TPSA) is 92.3 Å². The SMILES string of the molecule is COC(=O)c1ccc(C)c(-c2ccc(/C=C(/C#N)C(=O)Nc3ccc(C)cc3)o2)c1. The average molecular weight is 400 g/mol. The number of ether oxygens (including phenoxy) is 1. The molecule has 1 heterocycles. The molecule has 0 spiro atoms. The second-order valence-corrected chi connectivity index (χ2v) is 6.71. The molecule has 6 nitrogen and oxygen atoms in total. The van der Waals surface area contributed by atoms with Gasteiger partial charge in [0.15, 0.2) is 0 Å². The van der Waals surface area contributed by atoms with Crippen molar-refractivity contribution in [1.29, 1.82) is 5.26 Å². The van der Waals surface area contributed by atoms with Crippen LogP contribution in [0.25, 0.3) is 17.4 Å². The molecule has 0 bridgehead atoms. The monoisotopic (exact) mass is 400 g/mol. The summed E-state index contributed by atoms with van der Waals surface area (Å²) in [7, 11) is 1.32. The minimum absolute atomic E-state index is 0.0866. The lowest BCUT2D eigenvalue weighted by molar-refractivity contribution is -0.112. The van der Waals surface area contributed by atoms with E-state index in [9.17, 15) is 14.9 Å². The molecule has 0 atom stereocenters. The number of nitriles is 1. The zero-order valence-electron chi connectivity index (χ0n) is 16.9. The molecule has 0 saturated carbocycles. The van der Waals surface area contributed by atoms with Crippen LogP contribution in [-0.2, 0) is 9.53 Å². The van der Waals surface area contributed by atoms with Crippen molar-refractivity contribution in [2.75, 3.05) is 12.4 Å². The average Bonchev–Trinajstić information content (AvgIpc) is 3.21. The van der Waals surface area contributed by atoms with Crippen molar-refractivity contribution in [2.45, 2.75) is 13.8 Å². The van der Waals surface area contributed by atoms with Gasteiger partial charge in [-0.05, 0) is 55.8 Å². The van der Waals surface area contributed by atoms with Crippen LogP contribution in [0.4, 0.5) is 5.69 Å². The zero-order chi connectivity index (χ0) is 21.7. The number of carbonyl (C=O) groups is 2. The van der Waals surface area contributed by atoms with Gasteiger partial charge in [-0.2, -0.15) is 5.26 Å². The molecule has 1 aromatic heterocycles. The van der Waals surface area contributed by atoms with Crippen molar-refractivity contribution in [3.63, 3.8) is 0 Å². The van der Waals surface area contributed by atoms with Crippen LogP contribution in [0, 0.1) is 25.2 Å². The predicted octanol–water partition coefficient (Wildman–Crippen LogP) is 4.90. The third kappa shape index (κ3) is 4.65. The fourth-order valence-corrected chi connectivity index (χ4v) is 2.83. The molecule has 150 valence electrons. The second-order valence-electron chi connectivity index (χ2n) is 6.71. The maximum atomic E-state index is 12.4. The highest BCUT2D eigenvalue weighted by molar-refractivity contribution is 6.09. The Hall–Kier alpha value is -4.11. The number of benzene rings is 2. The molecule has 2 aromatic carbocycles. The molecular formula is C24H20N2O4. The number of anilines is 1. The normalized spacial score (nSPS) is 10.9. The molecule has 1 N–H and O–H groups in total. The van der Waals surface area contributed by atoms with Crippen molar-refractivity contribution >= 4 is 23.6 Å². The fourth-order valence-electron chi connectivity index (χ4n) is 2.83. The molecule has 6 heteroatoms. The Kier molecular flexibility index (Phi) is 6.14. The number of esters is 1. The predicted molar refractivity (Wildman–Crippen MR) is 114 cm³/mol. The summed E-state index contributed by atoms with van der Waals surface area (Å²) in [4.78, 5) is 24.2. The van der Waals surface area contributed by atoms with Gasteiger partial charge in [0.2, 0.25) is 0 Å². The lowest BCUT2D eigenvalue weighted by atomic mass is 10.0. The summed E-state index contributed by atoms with van der Waals surface area (Å²) >= 11 is 0. The van der Waals surface area contributed by atoms with Gasteiger partial charge in [-0.3, -0.25) is 4.79 Å². The van der Waals surface area contributed by atoms with Gasteiger partial charge in [0.1, 0.15) is 23.2 Å². The van der Waals surface area contributed by atoms with Crippen LogP contribution in [0.15, 0.2) is 64.6 Å². The molecule has 3 aromatic rings. The first-order valence-corrected chi connectivity index (χ1v) is 9.20. The van der Waals surface area contributed by atoms with E-state index in [0.29, 0.717) is 22.8 Å². The highest BCUT2D eigenvalue weighted by Crippen LogP contribution is 2.28. The zero-order valence-corrected chi connectivity index (χ0v) is 16.9. The summed E-state index contributed by atoms with van der Waals surface area (Å²) in [5.74, 6) is -0.102. The summed E-state index contributed by atoms with van der Waals surface area (Å²) < 4.78 is 10.6. The van der Waals surface area contributed by atoms with Crippen LogP contribution in [0.2, 0.25) is 0 Å². The van der Waals surface area contributed by atoms with Crippen LogP contribution in [0.3, 0.4) is 0 Å². The molecule has 3 rings (SSSR count). The molecular weight excluding hydrogens is 380 g/mol. The Morgan fingerprint density at radius 2 is 1.80 bits per heavy atom. The Bertz CT molecular complexity index is 1160. The summed E-state index contributed by atoms with van der Waals surface area (Å²) in [5, 5.41) is 12.1. The molecule has 0 fully saturated rings. The van der Waals surface area contributed by atoms with Crippen molar-refractivity contribution in [1.82, 2.24) is 0 Å². The Labute approximate surface area is 174 Å². The molecule has 0 aliphatic rings. The van der Waals surface area contributed by atoms with Gasteiger partial charge in [-0.15, -0.1) is 0 Å². The fraction of sp³-hybridized carbons (Fsp3) is 0.125. The number of rotatable bonds is 5. The quantitative estimate of drug-likeness (QED) is 0.374. The molecule has 1 amide bonds. The number of aryl methyl sites for hydroxylation is 2. The summed E-state index contributed by atoms with van der Waals surface area (Å²) in [6.45, 7) is 3.84. The van der Waals surface area contributed by atoms with Gasteiger partial charge < -0.3 is 14.5 Å². The minimum Gasteiger partial charge on any atom is -0.465 e. The van der Waals surface area contributed by atoms with Crippen molar-refractivity contribution < 1.29 is 18.7 Å². The highest BCUT2D eigenvalue weighted by atomic mass is 16.5. The van der Waals surface area contributed by atoms with Crippen molar-refractivity contribution in [2.24, 2.45) is 0 Å². The van der Waals surface area contributed by atoms with Gasteiger partial charge >= 0.3 is 5.97 Å². The van der Waals surface area contributed by atoms with Crippen LogP contribution in [0.1, 0.15) is 27.2 Å². The second kappa shape index (κ2) is 8.93. The van der Waals surface area contributed by atoms with Crippen LogP contribution < -0.4 is 5.32 Å². The summed E-state index contributed by atoms with van der Waals surface area (Å²) in [6.07, 6.45) is 1.38. The van der Waals surface area contributed by atoms with E-state index in [1.54, 1.807) is 42.5 Å². The first-order chi connectivity index (χ1) is 14.4. The number of nitrogens with one attached hydrogen (secondary N) is 1. The molecule has 0 unspecified atom stereocenters. The molecule has 0 saturated heterocycles. The molecule has 0 aliphatic carbocycles. The number of carbonyl (C=O) groups excluding carboxylic acids is 2. The van der Waals surface area contributed by atoms with Crippen molar-refractivity contribution in [3.8, 4) is 17.4 Å². The number of hydrogen-bond acceptors (Lipinski definition) is 5. The van der Waals surface area contributed by atoms with E-state index >= 15 is 0 Å².